The quantitative estimate of drug-likeness (QED) is 0.363. The van der Waals surface area contributed by atoms with Crippen LogP contribution in [0, 0.1) is 0 Å². The van der Waals surface area contributed by atoms with Gasteiger partial charge in [-0.15, -0.1) is 12.4 Å². The van der Waals surface area contributed by atoms with Crippen molar-refractivity contribution in [3.05, 3.63) is 0 Å². The fourth-order valence-corrected chi connectivity index (χ4v) is 0.0227. The summed E-state index contributed by atoms with van der Waals surface area (Å²) in [5, 5.41) is 0. The number of carbonyl (C=O) groups is 2. The monoisotopic (exact) mass is 110 g/mol. The molecule has 0 aromatic carbocycles. The molecule has 0 aromatic heterocycles. The number of halogens is 1. The predicted molar refractivity (Wildman–Crippen MR) is 20.5 cm³/mol. The highest BCUT2D eigenvalue weighted by molar-refractivity contribution is 5.85. The molecule has 0 unspecified atom stereocenters. The van der Waals surface area contributed by atoms with Gasteiger partial charge < -0.3 is 4.74 Å². The van der Waals surface area contributed by atoms with Crippen LogP contribution in [0.1, 0.15) is 0 Å². The third kappa shape index (κ3) is 9.90. The van der Waals surface area contributed by atoms with E-state index in [-0.39, 0.29) is 25.4 Å². The summed E-state index contributed by atoms with van der Waals surface area (Å²) in [6.07, 6.45) is 0. The molecule has 0 aliphatic rings. The molecule has 0 N–H and O–H groups in total. The van der Waals surface area contributed by atoms with Crippen molar-refractivity contribution >= 4 is 25.4 Å². The Balaban J connectivity index is 0. The van der Waals surface area contributed by atoms with Crippen LogP contribution in [0.5, 0.6) is 0 Å². The fraction of sp³-hybridized carbons (Fsp3) is 0. The van der Waals surface area contributed by atoms with Gasteiger partial charge in [0.15, 0.2) is 0 Å². The van der Waals surface area contributed by atoms with Gasteiger partial charge >= 0.3 is 12.9 Å². The first-order valence-corrected chi connectivity index (χ1v) is 0.943. The highest BCUT2D eigenvalue weighted by Crippen LogP contribution is 1.40. The first kappa shape index (κ1) is 9.06. The van der Waals surface area contributed by atoms with Crippen LogP contribution in [0.2, 0.25) is 0 Å². The smallest absolute Gasteiger partial charge is 0.300 e. The molecule has 0 saturated carbocycles. The van der Waals surface area contributed by atoms with Crippen LogP contribution < -0.4 is 0 Å². The molecule has 0 spiro atoms. The molecule has 4 heteroatoms. The average molecular weight is 110 g/mol. The van der Waals surface area contributed by atoms with Crippen molar-refractivity contribution < 1.29 is 14.3 Å². The van der Waals surface area contributed by atoms with Crippen LogP contribution in [-0.4, -0.2) is 12.9 Å². The predicted octanol–water partition coefficient (Wildman–Crippen LogP) is -0.262. The molecule has 0 fully saturated rings. The fourth-order valence-electron chi connectivity index (χ4n) is 0.0227. The lowest BCUT2D eigenvalue weighted by molar-refractivity contribution is -0.141. The lowest BCUT2D eigenvalue weighted by atomic mass is 11.5. The maximum Gasteiger partial charge on any atom is 0.300 e. The van der Waals surface area contributed by atoms with Crippen molar-refractivity contribution in [2.24, 2.45) is 0 Å². The molecule has 0 aliphatic carbocycles. The second-order valence-electron chi connectivity index (χ2n) is 0.329. The minimum atomic E-state index is 0. The molecule has 0 saturated heterocycles. The van der Waals surface area contributed by atoms with E-state index in [1.165, 1.54) is 0 Å². The van der Waals surface area contributed by atoms with Crippen molar-refractivity contribution in [3.8, 4) is 0 Å². The van der Waals surface area contributed by atoms with E-state index in [4.69, 9.17) is 9.59 Å². The van der Waals surface area contributed by atoms with Crippen molar-refractivity contribution in [2.45, 2.75) is 0 Å². The number of ether oxygens (including phenoxy) is 1. The van der Waals surface area contributed by atoms with Gasteiger partial charge in [-0.1, -0.05) is 0 Å². The molecule has 3 nitrogen and oxygen atoms in total. The summed E-state index contributed by atoms with van der Waals surface area (Å²) in [6, 6.07) is 0. The minimum absolute atomic E-state index is 0. The summed E-state index contributed by atoms with van der Waals surface area (Å²) in [5.41, 5.74) is 0. The van der Waals surface area contributed by atoms with Crippen LogP contribution in [0.4, 0.5) is 0 Å². The highest BCUT2D eigenvalue weighted by Gasteiger charge is 1.58. The van der Waals surface area contributed by atoms with Gasteiger partial charge in [-0.05, 0) is 0 Å². The topological polar surface area (TPSA) is 43.4 Å². The summed E-state index contributed by atoms with van der Waals surface area (Å²) in [5.74, 6) is 0. The Morgan fingerprint density at radius 2 is 1.50 bits per heavy atom. The van der Waals surface area contributed by atoms with Gasteiger partial charge in [0.2, 0.25) is 0 Å². The molecule has 0 amide bonds. The average Bonchev–Trinajstić information content (AvgIpc) is 1.41. The maximum absolute atomic E-state index is 8.95. The Morgan fingerprint density at radius 1 is 1.17 bits per heavy atom. The number of hydrogen-bond donors (Lipinski definition) is 0. The molecule has 0 aliphatic heterocycles. The molecular weight excluding hydrogens is 107 g/mol. The third-order valence-electron chi connectivity index (χ3n) is 0.111. The third-order valence-corrected chi connectivity index (χ3v) is 0.111. The van der Waals surface area contributed by atoms with E-state index in [2.05, 4.69) is 4.74 Å². The SMILES string of the molecule is Cl.O=COC=O. The van der Waals surface area contributed by atoms with Crippen LogP contribution in [0.15, 0.2) is 0 Å². The summed E-state index contributed by atoms with van der Waals surface area (Å²) in [6.45, 7) is 0.125. The van der Waals surface area contributed by atoms with E-state index in [1.54, 1.807) is 0 Å². The molecule has 0 rings (SSSR count). The van der Waals surface area contributed by atoms with Crippen molar-refractivity contribution in [1.82, 2.24) is 0 Å². The lowest BCUT2D eigenvalue weighted by Gasteiger charge is -1.65. The van der Waals surface area contributed by atoms with Crippen LogP contribution in [-0.2, 0) is 14.3 Å². The first-order valence-electron chi connectivity index (χ1n) is 0.943. The summed E-state index contributed by atoms with van der Waals surface area (Å²) >= 11 is 0. The van der Waals surface area contributed by atoms with Gasteiger partial charge in [0, 0.05) is 0 Å². The zero-order valence-electron chi connectivity index (χ0n) is 2.79. The van der Waals surface area contributed by atoms with E-state index >= 15 is 0 Å². The van der Waals surface area contributed by atoms with Crippen LogP contribution in [0.3, 0.4) is 0 Å². The Morgan fingerprint density at radius 3 is 1.50 bits per heavy atom. The van der Waals surface area contributed by atoms with Gasteiger partial charge in [0.05, 0.1) is 0 Å². The van der Waals surface area contributed by atoms with Gasteiger partial charge in [-0.2, -0.15) is 0 Å². The van der Waals surface area contributed by atoms with Crippen molar-refractivity contribution in [1.29, 1.82) is 0 Å². The molecule has 0 radical (unpaired) electrons. The summed E-state index contributed by atoms with van der Waals surface area (Å²) < 4.78 is 3.47. The summed E-state index contributed by atoms with van der Waals surface area (Å²) in [7, 11) is 0. The minimum Gasteiger partial charge on any atom is -0.398 e. The largest absolute Gasteiger partial charge is 0.398 e. The Hall–Kier alpha value is -0.570. The molecule has 0 atom stereocenters. The highest BCUT2D eigenvalue weighted by atomic mass is 35.5. The molecule has 36 valence electrons. The number of carbonyl (C=O) groups excluding carboxylic acids is 2. The Kier molecular flexibility index (Phi) is 13.3. The summed E-state index contributed by atoms with van der Waals surface area (Å²) in [4.78, 5) is 17.9. The number of rotatable bonds is 2. The van der Waals surface area contributed by atoms with Gasteiger partial charge in [-0.3, -0.25) is 9.59 Å². The Labute approximate surface area is 40.7 Å². The lowest BCUT2D eigenvalue weighted by Crippen LogP contribution is -1.77. The zero-order valence-corrected chi connectivity index (χ0v) is 3.60. The van der Waals surface area contributed by atoms with Crippen molar-refractivity contribution in [3.63, 3.8) is 0 Å². The normalized spacial score (nSPS) is 4.67. The number of hydrogen-bond acceptors (Lipinski definition) is 3. The van der Waals surface area contributed by atoms with Gasteiger partial charge in [0.1, 0.15) is 0 Å². The molecule has 0 bridgehead atoms. The molecule has 6 heavy (non-hydrogen) atoms. The van der Waals surface area contributed by atoms with E-state index in [0.717, 1.165) is 0 Å². The zero-order chi connectivity index (χ0) is 4.12. The maximum atomic E-state index is 8.95. The second-order valence-corrected chi connectivity index (χ2v) is 0.329. The van der Waals surface area contributed by atoms with Gasteiger partial charge in [0.25, 0.3) is 0 Å². The first-order chi connectivity index (χ1) is 2.41. The standard InChI is InChI=1S/C2H2O3.ClH/c3-1-5-2-4;/h1-2H;1H. The molecule has 0 aromatic rings. The van der Waals surface area contributed by atoms with Crippen LogP contribution in [0.25, 0.3) is 0 Å². The van der Waals surface area contributed by atoms with E-state index in [9.17, 15) is 0 Å². The van der Waals surface area contributed by atoms with E-state index in [0.29, 0.717) is 0 Å². The van der Waals surface area contributed by atoms with Gasteiger partial charge in [-0.25, -0.2) is 0 Å². The van der Waals surface area contributed by atoms with Crippen molar-refractivity contribution in [2.75, 3.05) is 0 Å². The van der Waals surface area contributed by atoms with E-state index < -0.39 is 0 Å². The Bertz CT molecular complexity index is 38.1. The second kappa shape index (κ2) is 8.83. The molecular formula is C2H3ClO3. The molecule has 0 heterocycles. The van der Waals surface area contributed by atoms with Crippen LogP contribution >= 0.6 is 12.4 Å². The van der Waals surface area contributed by atoms with E-state index in [1.807, 2.05) is 0 Å².